The molecule has 0 aliphatic carbocycles. The van der Waals surface area contributed by atoms with Crippen LogP contribution in [0.15, 0.2) is 53.3 Å². The molecule has 0 radical (unpaired) electrons. The van der Waals surface area contributed by atoms with E-state index < -0.39 is 6.10 Å². The molecule has 1 atom stereocenters. The summed E-state index contributed by atoms with van der Waals surface area (Å²) in [6.07, 6.45) is 3.63. The summed E-state index contributed by atoms with van der Waals surface area (Å²) >= 11 is 3.37. The number of aromatic nitrogens is 1. The second-order valence-electron chi connectivity index (χ2n) is 3.63. The van der Waals surface area contributed by atoms with Crippen molar-refractivity contribution in [2.75, 3.05) is 0 Å². The Bertz CT molecular complexity index is 441. The smallest absolute Gasteiger partial charge is 0.0830 e. The highest BCUT2D eigenvalue weighted by Gasteiger charge is 2.07. The zero-order chi connectivity index (χ0) is 11.4. The zero-order valence-electron chi connectivity index (χ0n) is 8.68. The molecule has 0 aliphatic heterocycles. The van der Waals surface area contributed by atoms with Crippen LogP contribution < -0.4 is 0 Å². The Morgan fingerprint density at radius 1 is 1.06 bits per heavy atom. The normalized spacial score (nSPS) is 12.4. The van der Waals surface area contributed by atoms with Gasteiger partial charge in [-0.15, -0.1) is 0 Å². The molecule has 1 aromatic heterocycles. The van der Waals surface area contributed by atoms with Crippen molar-refractivity contribution in [1.29, 1.82) is 0 Å². The highest BCUT2D eigenvalue weighted by molar-refractivity contribution is 9.10. The SMILES string of the molecule is OC(Cc1ccncc1)c1ccc(Br)cc1. The second-order valence-corrected chi connectivity index (χ2v) is 4.54. The van der Waals surface area contributed by atoms with Crippen molar-refractivity contribution < 1.29 is 5.11 Å². The van der Waals surface area contributed by atoms with Gasteiger partial charge < -0.3 is 5.11 Å². The lowest BCUT2D eigenvalue weighted by Crippen LogP contribution is -2.01. The number of hydrogen-bond donors (Lipinski definition) is 1. The molecule has 2 nitrogen and oxygen atoms in total. The summed E-state index contributed by atoms with van der Waals surface area (Å²) in [6, 6.07) is 11.6. The van der Waals surface area contributed by atoms with E-state index in [9.17, 15) is 5.11 Å². The molecule has 1 N–H and O–H groups in total. The standard InChI is InChI=1S/C13H12BrNO/c14-12-3-1-11(2-4-12)13(16)9-10-5-7-15-8-6-10/h1-8,13,16H,9H2. The van der Waals surface area contributed by atoms with Crippen molar-refractivity contribution >= 4 is 15.9 Å². The third-order valence-electron chi connectivity index (χ3n) is 2.43. The second kappa shape index (κ2) is 5.23. The van der Waals surface area contributed by atoms with Gasteiger partial charge in [-0.3, -0.25) is 4.98 Å². The van der Waals surface area contributed by atoms with Crippen molar-refractivity contribution in [2.24, 2.45) is 0 Å². The maximum Gasteiger partial charge on any atom is 0.0830 e. The fraction of sp³-hybridized carbons (Fsp3) is 0.154. The molecule has 1 unspecified atom stereocenters. The van der Waals surface area contributed by atoms with Gasteiger partial charge in [-0.1, -0.05) is 28.1 Å². The summed E-state index contributed by atoms with van der Waals surface area (Å²) in [5.41, 5.74) is 2.02. The number of aliphatic hydroxyl groups is 1. The fourth-order valence-corrected chi connectivity index (χ4v) is 1.81. The van der Waals surface area contributed by atoms with E-state index >= 15 is 0 Å². The van der Waals surface area contributed by atoms with E-state index in [1.54, 1.807) is 12.4 Å². The first-order valence-electron chi connectivity index (χ1n) is 5.08. The van der Waals surface area contributed by atoms with E-state index in [-0.39, 0.29) is 0 Å². The molecule has 16 heavy (non-hydrogen) atoms. The Morgan fingerprint density at radius 2 is 1.69 bits per heavy atom. The first-order valence-corrected chi connectivity index (χ1v) is 5.87. The maximum atomic E-state index is 10.0. The van der Waals surface area contributed by atoms with E-state index in [0.717, 1.165) is 15.6 Å². The highest BCUT2D eigenvalue weighted by Crippen LogP contribution is 2.20. The average Bonchev–Trinajstić information content (AvgIpc) is 2.31. The number of benzene rings is 1. The lowest BCUT2D eigenvalue weighted by Gasteiger charge is -2.10. The first-order chi connectivity index (χ1) is 7.75. The van der Waals surface area contributed by atoms with Crippen LogP contribution in [0.1, 0.15) is 17.2 Å². The minimum atomic E-state index is -0.463. The Labute approximate surface area is 103 Å². The largest absolute Gasteiger partial charge is 0.388 e. The zero-order valence-corrected chi connectivity index (χ0v) is 10.3. The molecule has 0 saturated carbocycles. The van der Waals surface area contributed by atoms with E-state index in [1.807, 2.05) is 36.4 Å². The Morgan fingerprint density at radius 3 is 2.31 bits per heavy atom. The molecule has 2 aromatic rings. The van der Waals surface area contributed by atoms with Gasteiger partial charge in [0.1, 0.15) is 0 Å². The van der Waals surface area contributed by atoms with Gasteiger partial charge in [-0.05, 0) is 35.4 Å². The van der Waals surface area contributed by atoms with Gasteiger partial charge in [0.2, 0.25) is 0 Å². The van der Waals surface area contributed by atoms with Crippen LogP contribution in [0.4, 0.5) is 0 Å². The first kappa shape index (κ1) is 11.3. The van der Waals surface area contributed by atoms with Gasteiger partial charge in [0, 0.05) is 23.3 Å². The average molecular weight is 278 g/mol. The molecule has 0 saturated heterocycles. The van der Waals surface area contributed by atoms with Crippen molar-refractivity contribution in [2.45, 2.75) is 12.5 Å². The minimum Gasteiger partial charge on any atom is -0.388 e. The summed E-state index contributed by atoms with van der Waals surface area (Å²) in [4.78, 5) is 3.95. The number of nitrogens with zero attached hydrogens (tertiary/aromatic N) is 1. The van der Waals surface area contributed by atoms with Gasteiger partial charge in [0.15, 0.2) is 0 Å². The number of hydrogen-bond acceptors (Lipinski definition) is 2. The molecule has 0 bridgehead atoms. The minimum absolute atomic E-state index is 0.463. The van der Waals surface area contributed by atoms with Crippen LogP contribution in [0.25, 0.3) is 0 Å². The number of aliphatic hydroxyl groups excluding tert-OH is 1. The van der Waals surface area contributed by atoms with Gasteiger partial charge in [-0.25, -0.2) is 0 Å². The van der Waals surface area contributed by atoms with Crippen LogP contribution in [-0.4, -0.2) is 10.1 Å². The van der Waals surface area contributed by atoms with Crippen molar-refractivity contribution in [1.82, 2.24) is 4.98 Å². The molecule has 0 spiro atoms. The highest BCUT2D eigenvalue weighted by atomic mass is 79.9. The predicted molar refractivity (Wildman–Crippen MR) is 67.0 cm³/mol. The molecular weight excluding hydrogens is 266 g/mol. The predicted octanol–water partition coefficient (Wildman–Crippen LogP) is 3.12. The van der Waals surface area contributed by atoms with Gasteiger partial charge in [-0.2, -0.15) is 0 Å². The van der Waals surface area contributed by atoms with Crippen LogP contribution >= 0.6 is 15.9 Å². The Balaban J connectivity index is 2.09. The molecule has 2 rings (SSSR count). The quantitative estimate of drug-likeness (QED) is 0.935. The molecule has 1 aromatic carbocycles. The van der Waals surface area contributed by atoms with E-state index in [0.29, 0.717) is 6.42 Å². The summed E-state index contributed by atoms with van der Waals surface area (Å²) < 4.78 is 1.02. The Hall–Kier alpha value is -1.19. The third-order valence-corrected chi connectivity index (χ3v) is 2.96. The van der Waals surface area contributed by atoms with Gasteiger partial charge in [0.05, 0.1) is 6.10 Å². The van der Waals surface area contributed by atoms with Gasteiger partial charge in [0.25, 0.3) is 0 Å². The van der Waals surface area contributed by atoms with E-state index in [4.69, 9.17) is 0 Å². The molecular formula is C13H12BrNO. The summed E-state index contributed by atoms with van der Waals surface area (Å²) in [7, 11) is 0. The lowest BCUT2D eigenvalue weighted by atomic mass is 10.0. The van der Waals surface area contributed by atoms with Crippen molar-refractivity contribution in [3.05, 3.63) is 64.4 Å². The molecule has 0 aliphatic rings. The van der Waals surface area contributed by atoms with Crippen molar-refractivity contribution in [3.8, 4) is 0 Å². The molecule has 0 amide bonds. The van der Waals surface area contributed by atoms with Crippen LogP contribution in [-0.2, 0) is 6.42 Å². The fourth-order valence-electron chi connectivity index (χ4n) is 1.54. The number of rotatable bonds is 3. The van der Waals surface area contributed by atoms with Crippen LogP contribution in [0.3, 0.4) is 0 Å². The summed E-state index contributed by atoms with van der Waals surface area (Å²) in [5.74, 6) is 0. The van der Waals surface area contributed by atoms with Crippen LogP contribution in [0.2, 0.25) is 0 Å². The van der Waals surface area contributed by atoms with Gasteiger partial charge >= 0.3 is 0 Å². The maximum absolute atomic E-state index is 10.0. The topological polar surface area (TPSA) is 33.1 Å². The van der Waals surface area contributed by atoms with Crippen LogP contribution in [0.5, 0.6) is 0 Å². The van der Waals surface area contributed by atoms with E-state index in [2.05, 4.69) is 20.9 Å². The number of pyridine rings is 1. The molecule has 0 fully saturated rings. The molecule has 1 heterocycles. The third kappa shape index (κ3) is 2.90. The van der Waals surface area contributed by atoms with Crippen molar-refractivity contribution in [3.63, 3.8) is 0 Å². The molecule has 82 valence electrons. The van der Waals surface area contributed by atoms with E-state index in [1.165, 1.54) is 0 Å². The Kier molecular flexibility index (Phi) is 3.70. The summed E-state index contributed by atoms with van der Waals surface area (Å²) in [5, 5.41) is 10.0. The molecule has 3 heteroatoms. The lowest BCUT2D eigenvalue weighted by molar-refractivity contribution is 0.178. The van der Waals surface area contributed by atoms with Crippen LogP contribution in [0, 0.1) is 0 Å². The summed E-state index contributed by atoms with van der Waals surface area (Å²) in [6.45, 7) is 0. The number of halogens is 1. The monoisotopic (exact) mass is 277 g/mol.